The summed E-state index contributed by atoms with van der Waals surface area (Å²) in [4.78, 5) is 0. The smallest absolute Gasteiger partial charge is 0.283 e. The molecule has 0 aliphatic heterocycles. The minimum absolute atomic E-state index is 6.33. The van der Waals surface area contributed by atoms with E-state index in [-0.39, 0.29) is 0 Å². The molecule has 152 valence electrons. The van der Waals surface area contributed by atoms with Crippen LogP contribution in [0.3, 0.4) is 0 Å². The second-order valence-electron chi connectivity index (χ2n) is 4.25. The molecular weight excluding hydrogens is 430 g/mol. The Kier molecular flexibility index (Phi) is 5.47. The molecular formula is C7H2F14O3S. The third-order valence-corrected chi connectivity index (χ3v) is 3.78. The summed E-state index contributed by atoms with van der Waals surface area (Å²) in [7, 11) is -7.99. The van der Waals surface area contributed by atoms with Crippen LogP contribution >= 0.6 is 0 Å². The summed E-state index contributed by atoms with van der Waals surface area (Å²) in [5.41, 5.74) is 0. The zero-order valence-corrected chi connectivity index (χ0v) is 11.4. The van der Waals surface area contributed by atoms with Crippen molar-refractivity contribution < 1.29 is 74.4 Å². The lowest BCUT2D eigenvalue weighted by Gasteiger charge is -2.40. The number of hydrogen-bond donors (Lipinski definition) is 1. The van der Waals surface area contributed by atoms with Crippen LogP contribution in [0.2, 0.25) is 0 Å². The average Bonchev–Trinajstić information content (AvgIpc) is 2.32. The van der Waals surface area contributed by atoms with E-state index in [0.717, 1.165) is 0 Å². The highest BCUT2D eigenvalue weighted by atomic mass is 32.2. The Labute approximate surface area is 127 Å². The first-order valence-corrected chi connectivity index (χ1v) is 6.41. The van der Waals surface area contributed by atoms with Crippen molar-refractivity contribution in [2.24, 2.45) is 0 Å². The molecule has 0 aliphatic rings. The summed E-state index contributed by atoms with van der Waals surface area (Å²) < 4.78 is 203. The maximum absolute atomic E-state index is 13.5. The lowest BCUT2D eigenvalue weighted by atomic mass is 9.96. The highest BCUT2D eigenvalue weighted by molar-refractivity contribution is 7.87. The molecule has 0 spiro atoms. The van der Waals surface area contributed by atoms with E-state index >= 15 is 0 Å². The third kappa shape index (κ3) is 3.21. The van der Waals surface area contributed by atoms with Crippen LogP contribution in [0.4, 0.5) is 61.5 Å². The average molecular weight is 432 g/mol. The molecule has 1 N–H and O–H groups in total. The molecule has 0 saturated heterocycles. The molecule has 0 saturated carbocycles. The van der Waals surface area contributed by atoms with Crippen LogP contribution < -0.4 is 0 Å². The van der Waals surface area contributed by atoms with Crippen molar-refractivity contribution in [1.82, 2.24) is 0 Å². The molecule has 18 heteroatoms. The first-order valence-electron chi connectivity index (χ1n) is 4.97. The van der Waals surface area contributed by atoms with E-state index in [1.807, 2.05) is 0 Å². The van der Waals surface area contributed by atoms with E-state index in [4.69, 9.17) is 4.55 Å². The second-order valence-corrected chi connectivity index (χ2v) is 5.79. The Morgan fingerprint density at radius 2 is 0.960 bits per heavy atom. The first kappa shape index (κ1) is 23.9. The number of rotatable bonds is 5. The summed E-state index contributed by atoms with van der Waals surface area (Å²) in [6, 6.07) is 0. The summed E-state index contributed by atoms with van der Waals surface area (Å²) in [6.07, 6.45) is -21.1. The fourth-order valence-corrected chi connectivity index (χ4v) is 2.10. The fourth-order valence-electron chi connectivity index (χ4n) is 1.25. The lowest BCUT2D eigenvalue weighted by Crippen LogP contribution is -2.72. The molecule has 0 fully saturated rings. The van der Waals surface area contributed by atoms with Crippen molar-refractivity contribution in [2.75, 3.05) is 0 Å². The van der Waals surface area contributed by atoms with Gasteiger partial charge in [0.25, 0.3) is 6.17 Å². The van der Waals surface area contributed by atoms with Crippen molar-refractivity contribution in [1.29, 1.82) is 0 Å². The highest BCUT2D eigenvalue weighted by Crippen LogP contribution is 2.60. The lowest BCUT2D eigenvalue weighted by molar-refractivity contribution is -0.411. The van der Waals surface area contributed by atoms with Gasteiger partial charge >= 0.3 is 45.2 Å². The van der Waals surface area contributed by atoms with Gasteiger partial charge in [0, 0.05) is 0 Å². The molecule has 0 aliphatic carbocycles. The molecule has 0 aromatic rings. The topological polar surface area (TPSA) is 54.4 Å². The predicted octanol–water partition coefficient (Wildman–Crippen LogP) is 3.91. The molecule has 25 heavy (non-hydrogen) atoms. The van der Waals surface area contributed by atoms with Crippen molar-refractivity contribution in [3.63, 3.8) is 0 Å². The summed E-state index contributed by atoms with van der Waals surface area (Å²) in [5, 5.41) is -7.64. The molecule has 0 radical (unpaired) electrons. The third-order valence-electron chi connectivity index (χ3n) is 2.56. The van der Waals surface area contributed by atoms with E-state index < -0.39 is 51.4 Å². The highest BCUT2D eigenvalue weighted by Gasteiger charge is 2.91. The Morgan fingerprint density at radius 3 is 1.16 bits per heavy atom. The van der Waals surface area contributed by atoms with Gasteiger partial charge in [-0.2, -0.15) is 61.1 Å². The van der Waals surface area contributed by atoms with Crippen LogP contribution in [0.1, 0.15) is 0 Å². The molecule has 0 heterocycles. The summed E-state index contributed by atoms with van der Waals surface area (Å²) in [5.74, 6) is -24.6. The van der Waals surface area contributed by atoms with Gasteiger partial charge in [0.2, 0.25) is 0 Å². The van der Waals surface area contributed by atoms with E-state index in [2.05, 4.69) is 0 Å². The van der Waals surface area contributed by atoms with Crippen molar-refractivity contribution in [3.05, 3.63) is 0 Å². The van der Waals surface area contributed by atoms with Gasteiger partial charge in [0.1, 0.15) is 0 Å². The van der Waals surface area contributed by atoms with Crippen molar-refractivity contribution in [2.45, 2.75) is 41.3 Å². The minimum atomic E-state index is -8.28. The van der Waals surface area contributed by atoms with E-state index in [0.29, 0.717) is 0 Å². The van der Waals surface area contributed by atoms with E-state index in [1.165, 1.54) is 0 Å². The van der Waals surface area contributed by atoms with Gasteiger partial charge in [0.05, 0.1) is 0 Å². The molecule has 2 atom stereocenters. The standard InChI is InChI=1S/C7H2F14O3S/c8-1(3(10,11)12)2(9,25(22,23)24)4(13,14)5(15,16)6(17,18)7(19,20)21/h1H,(H,22,23,24). The van der Waals surface area contributed by atoms with Gasteiger partial charge in [-0.05, 0) is 0 Å². The normalized spacial score (nSPS) is 19.5. The molecule has 0 rings (SSSR count). The maximum atomic E-state index is 13.5. The van der Waals surface area contributed by atoms with Crippen LogP contribution in [-0.4, -0.2) is 54.3 Å². The van der Waals surface area contributed by atoms with E-state index in [1.54, 1.807) is 0 Å². The monoisotopic (exact) mass is 432 g/mol. The van der Waals surface area contributed by atoms with Crippen LogP contribution in [0.25, 0.3) is 0 Å². The summed E-state index contributed by atoms with van der Waals surface area (Å²) in [6.45, 7) is 0. The molecule has 0 aromatic carbocycles. The molecule has 0 amide bonds. The van der Waals surface area contributed by atoms with Crippen molar-refractivity contribution in [3.8, 4) is 0 Å². The van der Waals surface area contributed by atoms with Gasteiger partial charge in [-0.1, -0.05) is 0 Å². The second kappa shape index (κ2) is 5.71. The zero-order valence-electron chi connectivity index (χ0n) is 10.5. The molecule has 3 nitrogen and oxygen atoms in total. The summed E-state index contributed by atoms with van der Waals surface area (Å²) >= 11 is 0. The SMILES string of the molecule is O=S(=O)(O)C(F)(C(F)C(F)(F)F)C(F)(F)C(F)(F)C(F)(F)C(F)(F)F. The number of alkyl halides is 14. The predicted molar refractivity (Wildman–Crippen MR) is 47.2 cm³/mol. The van der Waals surface area contributed by atoms with Gasteiger partial charge in [-0.15, -0.1) is 0 Å². The maximum Gasteiger partial charge on any atom is 0.460 e. The Bertz CT molecular complexity index is 603. The van der Waals surface area contributed by atoms with Gasteiger partial charge < -0.3 is 0 Å². The fraction of sp³-hybridized carbons (Fsp3) is 1.00. The van der Waals surface area contributed by atoms with Crippen LogP contribution in [0.15, 0.2) is 0 Å². The van der Waals surface area contributed by atoms with Gasteiger partial charge in [-0.3, -0.25) is 4.55 Å². The Balaban J connectivity index is 6.87. The van der Waals surface area contributed by atoms with Crippen LogP contribution in [0.5, 0.6) is 0 Å². The quantitative estimate of drug-likeness (QED) is 0.530. The van der Waals surface area contributed by atoms with Crippen molar-refractivity contribution >= 4 is 10.1 Å². The first-order chi connectivity index (χ1) is 10.4. The molecule has 0 aromatic heterocycles. The van der Waals surface area contributed by atoms with Crippen LogP contribution in [-0.2, 0) is 10.1 Å². The minimum Gasteiger partial charge on any atom is -0.283 e. The Morgan fingerprint density at radius 1 is 0.640 bits per heavy atom. The van der Waals surface area contributed by atoms with Crippen LogP contribution in [0, 0.1) is 0 Å². The largest absolute Gasteiger partial charge is 0.460 e. The number of hydrogen-bond acceptors (Lipinski definition) is 2. The van der Waals surface area contributed by atoms with Gasteiger partial charge in [-0.25, -0.2) is 8.78 Å². The number of halogens is 14. The molecule has 0 bridgehead atoms. The van der Waals surface area contributed by atoms with E-state index in [9.17, 15) is 69.9 Å². The zero-order chi connectivity index (χ0) is 21.1. The van der Waals surface area contributed by atoms with Gasteiger partial charge in [0.15, 0.2) is 0 Å². The molecule has 2 unspecified atom stereocenters. The Hall–Kier alpha value is -1.07.